The minimum atomic E-state index is -0.272. The Bertz CT molecular complexity index is 734. The van der Waals surface area contributed by atoms with Crippen molar-refractivity contribution in [1.29, 1.82) is 0 Å². The van der Waals surface area contributed by atoms with E-state index in [4.69, 9.17) is 21.7 Å². The van der Waals surface area contributed by atoms with Crippen LogP contribution in [0.1, 0.15) is 31.9 Å². The fourth-order valence-electron chi connectivity index (χ4n) is 2.85. The van der Waals surface area contributed by atoms with Gasteiger partial charge in [-0.2, -0.15) is 0 Å². The average molecular weight is 343 g/mol. The SMILES string of the molecule is COc1ccc2c(c1)[C@H](NC(=S)Nc1ccncc1)CC(C)(C)O2. The Labute approximate surface area is 147 Å². The van der Waals surface area contributed by atoms with Crippen LogP contribution in [0.4, 0.5) is 5.69 Å². The van der Waals surface area contributed by atoms with Gasteiger partial charge < -0.3 is 20.1 Å². The molecule has 0 bridgehead atoms. The Balaban J connectivity index is 1.80. The highest BCUT2D eigenvalue weighted by Gasteiger charge is 2.34. The first-order valence-electron chi connectivity index (χ1n) is 7.81. The fourth-order valence-corrected chi connectivity index (χ4v) is 3.11. The summed E-state index contributed by atoms with van der Waals surface area (Å²) in [7, 11) is 1.66. The van der Waals surface area contributed by atoms with Crippen LogP contribution in [0.2, 0.25) is 0 Å². The van der Waals surface area contributed by atoms with E-state index in [0.717, 1.165) is 29.2 Å². The van der Waals surface area contributed by atoms with Crippen molar-refractivity contribution in [2.75, 3.05) is 12.4 Å². The van der Waals surface area contributed by atoms with Crippen LogP contribution < -0.4 is 20.1 Å². The van der Waals surface area contributed by atoms with Gasteiger partial charge in [0.15, 0.2) is 5.11 Å². The van der Waals surface area contributed by atoms with Crippen LogP contribution in [0.25, 0.3) is 0 Å². The lowest BCUT2D eigenvalue weighted by Gasteiger charge is -2.38. The van der Waals surface area contributed by atoms with Crippen LogP contribution in [-0.4, -0.2) is 22.8 Å². The summed E-state index contributed by atoms with van der Waals surface area (Å²) in [4.78, 5) is 4.00. The summed E-state index contributed by atoms with van der Waals surface area (Å²) in [5.74, 6) is 1.66. The lowest BCUT2D eigenvalue weighted by atomic mass is 9.89. The van der Waals surface area contributed by atoms with E-state index in [-0.39, 0.29) is 11.6 Å². The summed E-state index contributed by atoms with van der Waals surface area (Å²) in [6.07, 6.45) is 4.25. The van der Waals surface area contributed by atoms with Crippen LogP contribution in [0.15, 0.2) is 42.7 Å². The van der Waals surface area contributed by atoms with Gasteiger partial charge in [-0.05, 0) is 56.4 Å². The van der Waals surface area contributed by atoms with Crippen molar-refractivity contribution < 1.29 is 9.47 Å². The second-order valence-electron chi connectivity index (χ2n) is 6.36. The number of aromatic nitrogens is 1. The molecule has 0 saturated carbocycles. The second-order valence-corrected chi connectivity index (χ2v) is 6.76. The Hall–Kier alpha value is -2.34. The molecule has 24 heavy (non-hydrogen) atoms. The molecule has 3 rings (SSSR count). The van der Waals surface area contributed by atoms with Gasteiger partial charge in [0.1, 0.15) is 17.1 Å². The molecule has 1 aliphatic heterocycles. The van der Waals surface area contributed by atoms with Gasteiger partial charge in [0, 0.05) is 30.1 Å². The number of ether oxygens (including phenoxy) is 2. The Kier molecular flexibility index (Phi) is 4.57. The number of nitrogens with zero attached hydrogens (tertiary/aromatic N) is 1. The Morgan fingerprint density at radius 2 is 2.04 bits per heavy atom. The number of thiocarbonyl (C=S) groups is 1. The molecule has 126 valence electrons. The third-order valence-electron chi connectivity index (χ3n) is 3.92. The fraction of sp³-hybridized carbons (Fsp3) is 0.333. The molecular weight excluding hydrogens is 322 g/mol. The minimum absolute atomic E-state index is 0.0423. The maximum atomic E-state index is 6.08. The molecule has 0 amide bonds. The van der Waals surface area contributed by atoms with Crippen molar-refractivity contribution in [3.63, 3.8) is 0 Å². The molecule has 2 aromatic rings. The molecule has 5 nitrogen and oxygen atoms in total. The monoisotopic (exact) mass is 343 g/mol. The third-order valence-corrected chi connectivity index (χ3v) is 4.14. The van der Waals surface area contributed by atoms with Crippen molar-refractivity contribution >= 4 is 23.0 Å². The number of nitrogens with one attached hydrogen (secondary N) is 2. The van der Waals surface area contributed by atoms with Crippen LogP contribution in [-0.2, 0) is 0 Å². The predicted molar refractivity (Wildman–Crippen MR) is 98.7 cm³/mol. The average Bonchev–Trinajstić information content (AvgIpc) is 2.54. The van der Waals surface area contributed by atoms with Crippen molar-refractivity contribution in [2.24, 2.45) is 0 Å². The van der Waals surface area contributed by atoms with Crippen molar-refractivity contribution in [2.45, 2.75) is 31.9 Å². The van der Waals surface area contributed by atoms with E-state index >= 15 is 0 Å². The molecule has 1 aromatic heterocycles. The first kappa shape index (κ1) is 16.5. The molecule has 0 saturated heterocycles. The van der Waals surface area contributed by atoms with Crippen LogP contribution in [0.3, 0.4) is 0 Å². The summed E-state index contributed by atoms with van der Waals surface area (Å²) < 4.78 is 11.4. The van der Waals surface area contributed by atoms with Crippen LogP contribution in [0, 0.1) is 0 Å². The summed E-state index contributed by atoms with van der Waals surface area (Å²) >= 11 is 5.47. The summed E-state index contributed by atoms with van der Waals surface area (Å²) in [6.45, 7) is 4.16. The van der Waals surface area contributed by atoms with E-state index in [1.54, 1.807) is 19.5 Å². The smallest absolute Gasteiger partial charge is 0.171 e. The molecule has 2 N–H and O–H groups in total. The number of anilines is 1. The van der Waals surface area contributed by atoms with E-state index in [2.05, 4.69) is 29.5 Å². The third kappa shape index (κ3) is 3.76. The summed E-state index contributed by atoms with van der Waals surface area (Å²) in [5, 5.41) is 7.15. The summed E-state index contributed by atoms with van der Waals surface area (Å²) in [6, 6.07) is 9.64. The molecule has 0 unspecified atom stereocenters. The van der Waals surface area contributed by atoms with Crippen LogP contribution in [0.5, 0.6) is 11.5 Å². The minimum Gasteiger partial charge on any atom is -0.497 e. The maximum absolute atomic E-state index is 6.08. The Morgan fingerprint density at radius 3 is 2.75 bits per heavy atom. The van der Waals surface area contributed by atoms with Gasteiger partial charge in [-0.1, -0.05) is 0 Å². The predicted octanol–water partition coefficient (Wildman–Crippen LogP) is 3.68. The van der Waals surface area contributed by atoms with Gasteiger partial charge in [0.25, 0.3) is 0 Å². The lowest BCUT2D eigenvalue weighted by Crippen LogP contribution is -2.42. The molecule has 1 aromatic carbocycles. The van der Waals surface area contributed by atoms with Gasteiger partial charge >= 0.3 is 0 Å². The van der Waals surface area contributed by atoms with Crippen molar-refractivity contribution in [3.05, 3.63) is 48.3 Å². The number of benzene rings is 1. The van der Waals surface area contributed by atoms with Gasteiger partial charge in [-0.3, -0.25) is 4.98 Å². The molecule has 6 heteroatoms. The second kappa shape index (κ2) is 6.65. The first-order valence-corrected chi connectivity index (χ1v) is 8.22. The zero-order valence-electron chi connectivity index (χ0n) is 14.0. The Morgan fingerprint density at radius 1 is 1.29 bits per heavy atom. The molecule has 0 fully saturated rings. The van der Waals surface area contributed by atoms with E-state index in [1.165, 1.54) is 0 Å². The van der Waals surface area contributed by atoms with E-state index in [1.807, 2.05) is 30.3 Å². The molecule has 1 aliphatic rings. The van der Waals surface area contributed by atoms with Crippen LogP contribution >= 0.6 is 12.2 Å². The standard InChI is InChI=1S/C18H21N3O2S/c1-18(2)11-15(14-10-13(22-3)4-5-16(14)23-18)21-17(24)20-12-6-8-19-9-7-12/h4-10,15H,11H2,1-3H3,(H2,19,20,21,24)/t15-/m1/s1. The molecular formula is C18H21N3O2S. The number of rotatable bonds is 3. The highest BCUT2D eigenvalue weighted by atomic mass is 32.1. The van der Waals surface area contributed by atoms with Crippen molar-refractivity contribution in [3.8, 4) is 11.5 Å². The quantitative estimate of drug-likeness (QED) is 0.829. The summed E-state index contributed by atoms with van der Waals surface area (Å²) in [5.41, 5.74) is 1.68. The zero-order valence-corrected chi connectivity index (χ0v) is 14.8. The van der Waals surface area contributed by atoms with E-state index < -0.39 is 0 Å². The number of hydrogen-bond acceptors (Lipinski definition) is 4. The van der Waals surface area contributed by atoms with E-state index in [0.29, 0.717) is 5.11 Å². The largest absolute Gasteiger partial charge is 0.497 e. The van der Waals surface area contributed by atoms with Gasteiger partial charge in [0.05, 0.1) is 13.2 Å². The lowest BCUT2D eigenvalue weighted by molar-refractivity contribution is 0.0695. The first-order chi connectivity index (χ1) is 11.5. The topological polar surface area (TPSA) is 55.4 Å². The number of fused-ring (bicyclic) bond motifs is 1. The zero-order chi connectivity index (χ0) is 17.2. The molecule has 0 radical (unpaired) electrons. The molecule has 1 atom stereocenters. The normalized spacial score (nSPS) is 18.0. The molecule has 0 aliphatic carbocycles. The highest BCUT2D eigenvalue weighted by Crippen LogP contribution is 2.41. The van der Waals surface area contributed by atoms with Gasteiger partial charge in [-0.15, -0.1) is 0 Å². The van der Waals surface area contributed by atoms with Gasteiger partial charge in [-0.25, -0.2) is 0 Å². The molecule has 2 heterocycles. The van der Waals surface area contributed by atoms with Gasteiger partial charge in [0.2, 0.25) is 0 Å². The maximum Gasteiger partial charge on any atom is 0.171 e. The highest BCUT2D eigenvalue weighted by molar-refractivity contribution is 7.80. The number of pyridine rings is 1. The van der Waals surface area contributed by atoms with Crippen molar-refractivity contribution in [1.82, 2.24) is 10.3 Å². The van der Waals surface area contributed by atoms with E-state index in [9.17, 15) is 0 Å². The molecule has 0 spiro atoms. The number of methoxy groups -OCH3 is 1. The number of hydrogen-bond donors (Lipinski definition) is 2.